The molecule has 0 fully saturated rings. The normalized spacial score (nSPS) is 14.0. The zero-order valence-electron chi connectivity index (χ0n) is 14.0. The standard InChI is InChI=1S/C15H31NOSi2/c1-9-16(10-2)15(17)14(13-19(6,7)8)11-12-18(3,4)5/h11-13H,9-10H2,1-8H3/b12-11+,14-13-. The highest BCUT2D eigenvalue weighted by Crippen LogP contribution is 2.13. The fraction of sp³-hybridized carbons (Fsp3) is 0.667. The van der Waals surface area contributed by atoms with Gasteiger partial charge in [0.25, 0.3) is 5.91 Å². The molecule has 0 aliphatic heterocycles. The van der Waals surface area contributed by atoms with Crippen LogP contribution in [-0.4, -0.2) is 40.0 Å². The van der Waals surface area contributed by atoms with E-state index in [1.165, 1.54) is 0 Å². The van der Waals surface area contributed by atoms with Crippen LogP contribution in [0.15, 0.2) is 23.0 Å². The maximum Gasteiger partial charge on any atom is 0.253 e. The molecule has 0 bridgehead atoms. The zero-order chi connectivity index (χ0) is 15.3. The quantitative estimate of drug-likeness (QED) is 0.411. The molecule has 1 amide bonds. The van der Waals surface area contributed by atoms with Crippen LogP contribution >= 0.6 is 0 Å². The van der Waals surface area contributed by atoms with Crippen LogP contribution in [0.3, 0.4) is 0 Å². The molecular weight excluding hydrogens is 266 g/mol. The summed E-state index contributed by atoms with van der Waals surface area (Å²) in [4.78, 5) is 14.4. The molecule has 0 aromatic rings. The number of rotatable bonds is 6. The second kappa shape index (κ2) is 7.24. The van der Waals surface area contributed by atoms with E-state index < -0.39 is 16.1 Å². The van der Waals surface area contributed by atoms with E-state index in [0.29, 0.717) is 0 Å². The Morgan fingerprint density at radius 1 is 0.947 bits per heavy atom. The topological polar surface area (TPSA) is 20.3 Å². The summed E-state index contributed by atoms with van der Waals surface area (Å²) in [6, 6.07) is 0. The van der Waals surface area contributed by atoms with Gasteiger partial charge in [-0.25, -0.2) is 0 Å². The van der Waals surface area contributed by atoms with Crippen LogP contribution in [0.2, 0.25) is 39.3 Å². The van der Waals surface area contributed by atoms with E-state index in [-0.39, 0.29) is 5.91 Å². The maximum absolute atomic E-state index is 12.5. The maximum atomic E-state index is 12.5. The van der Waals surface area contributed by atoms with Crippen LogP contribution in [0, 0.1) is 0 Å². The average molecular weight is 298 g/mol. The van der Waals surface area contributed by atoms with E-state index in [9.17, 15) is 4.79 Å². The smallest absolute Gasteiger partial charge is 0.253 e. The van der Waals surface area contributed by atoms with E-state index in [0.717, 1.165) is 18.7 Å². The van der Waals surface area contributed by atoms with Crippen LogP contribution in [0.1, 0.15) is 13.8 Å². The second-order valence-corrected chi connectivity index (χ2v) is 17.2. The largest absolute Gasteiger partial charge is 0.339 e. The molecule has 0 unspecified atom stereocenters. The van der Waals surface area contributed by atoms with Crippen molar-refractivity contribution in [2.75, 3.05) is 13.1 Å². The molecule has 0 saturated heterocycles. The lowest BCUT2D eigenvalue weighted by molar-refractivity contribution is -0.126. The first kappa shape index (κ1) is 18.4. The van der Waals surface area contributed by atoms with Gasteiger partial charge in [0, 0.05) is 18.7 Å². The number of likely N-dealkylation sites (N-methyl/N-ethyl adjacent to an activating group) is 1. The number of carbonyl (C=O) groups excluding carboxylic acids is 1. The summed E-state index contributed by atoms with van der Waals surface area (Å²) >= 11 is 0. The van der Waals surface area contributed by atoms with Crippen LogP contribution in [0.25, 0.3) is 0 Å². The molecule has 0 rings (SSSR count). The highest BCUT2D eigenvalue weighted by Gasteiger charge is 2.19. The molecule has 0 heterocycles. The Balaban J connectivity index is 5.37. The molecular formula is C15H31NOSi2. The van der Waals surface area contributed by atoms with Crippen molar-refractivity contribution in [1.29, 1.82) is 0 Å². The van der Waals surface area contributed by atoms with Gasteiger partial charge in [-0.1, -0.05) is 56.8 Å². The molecule has 0 saturated carbocycles. The van der Waals surface area contributed by atoms with Crippen LogP contribution < -0.4 is 0 Å². The molecule has 4 heteroatoms. The van der Waals surface area contributed by atoms with E-state index in [4.69, 9.17) is 0 Å². The molecule has 0 aromatic carbocycles. The molecule has 0 atom stereocenters. The molecule has 0 N–H and O–H groups in total. The van der Waals surface area contributed by atoms with Crippen molar-refractivity contribution in [3.63, 3.8) is 0 Å². The van der Waals surface area contributed by atoms with Crippen molar-refractivity contribution in [3.8, 4) is 0 Å². The van der Waals surface area contributed by atoms with Gasteiger partial charge in [0.2, 0.25) is 0 Å². The van der Waals surface area contributed by atoms with E-state index in [1.807, 2.05) is 18.7 Å². The van der Waals surface area contributed by atoms with Gasteiger partial charge in [-0.2, -0.15) is 0 Å². The van der Waals surface area contributed by atoms with E-state index in [2.05, 4.69) is 56.8 Å². The predicted molar refractivity (Wildman–Crippen MR) is 91.8 cm³/mol. The van der Waals surface area contributed by atoms with E-state index >= 15 is 0 Å². The molecule has 0 spiro atoms. The predicted octanol–water partition coefficient (Wildman–Crippen LogP) is 4.09. The summed E-state index contributed by atoms with van der Waals surface area (Å²) in [6.07, 6.45) is 2.07. The highest BCUT2D eigenvalue weighted by atomic mass is 28.3. The second-order valence-electron chi connectivity index (χ2n) is 7.14. The first-order valence-corrected chi connectivity index (χ1v) is 14.4. The number of nitrogens with zero attached hydrogens (tertiary/aromatic N) is 1. The van der Waals surface area contributed by atoms with Crippen molar-refractivity contribution in [2.24, 2.45) is 0 Å². The summed E-state index contributed by atoms with van der Waals surface area (Å²) in [7, 11) is -2.67. The number of hydrogen-bond acceptors (Lipinski definition) is 1. The van der Waals surface area contributed by atoms with Crippen molar-refractivity contribution < 1.29 is 4.79 Å². The Kier molecular flexibility index (Phi) is 7.01. The van der Waals surface area contributed by atoms with Gasteiger partial charge in [0.15, 0.2) is 0 Å². The van der Waals surface area contributed by atoms with Crippen molar-refractivity contribution in [1.82, 2.24) is 4.90 Å². The van der Waals surface area contributed by atoms with Crippen molar-refractivity contribution in [2.45, 2.75) is 53.1 Å². The molecule has 110 valence electrons. The molecule has 2 nitrogen and oxygen atoms in total. The van der Waals surface area contributed by atoms with Crippen LogP contribution in [0.5, 0.6) is 0 Å². The Labute approximate surface area is 121 Å². The molecule has 0 aromatic heterocycles. The summed E-state index contributed by atoms with van der Waals surface area (Å²) in [5.41, 5.74) is 5.38. The summed E-state index contributed by atoms with van der Waals surface area (Å²) in [5.74, 6) is 0.182. The van der Waals surface area contributed by atoms with Gasteiger partial charge >= 0.3 is 0 Å². The van der Waals surface area contributed by atoms with Gasteiger partial charge in [0.05, 0.1) is 16.1 Å². The summed E-state index contributed by atoms with van der Waals surface area (Å²) < 4.78 is 0. The van der Waals surface area contributed by atoms with Gasteiger partial charge in [-0.15, -0.1) is 0 Å². The van der Waals surface area contributed by atoms with Crippen molar-refractivity contribution in [3.05, 3.63) is 23.0 Å². The fourth-order valence-corrected chi connectivity index (χ4v) is 3.51. The average Bonchev–Trinajstić information content (AvgIpc) is 2.23. The van der Waals surface area contributed by atoms with E-state index in [1.54, 1.807) is 0 Å². The third-order valence-electron chi connectivity index (χ3n) is 2.65. The van der Waals surface area contributed by atoms with Gasteiger partial charge in [0.1, 0.15) is 0 Å². The lowest BCUT2D eigenvalue weighted by Gasteiger charge is -2.21. The van der Waals surface area contributed by atoms with Gasteiger partial charge in [-0.05, 0) is 13.8 Å². The number of hydrogen-bond donors (Lipinski definition) is 0. The SMILES string of the molecule is CCN(CC)C(=O)C(=C\[Si](C)(C)C)/C=C/[Si](C)(C)C. The first-order valence-electron chi connectivity index (χ1n) is 7.21. The number of amides is 1. The van der Waals surface area contributed by atoms with Crippen molar-refractivity contribution >= 4 is 22.1 Å². The Morgan fingerprint density at radius 3 is 1.74 bits per heavy atom. The summed E-state index contributed by atoms with van der Waals surface area (Å²) in [5, 5.41) is 0. The summed E-state index contributed by atoms with van der Waals surface area (Å²) in [6.45, 7) is 19.3. The number of carbonyl (C=O) groups is 1. The molecule has 0 aliphatic rings. The lowest BCUT2D eigenvalue weighted by atomic mass is 10.2. The molecule has 0 aliphatic carbocycles. The Morgan fingerprint density at radius 2 is 1.42 bits per heavy atom. The van der Waals surface area contributed by atoms with Crippen LogP contribution in [-0.2, 0) is 4.79 Å². The monoisotopic (exact) mass is 297 g/mol. The lowest BCUT2D eigenvalue weighted by Crippen LogP contribution is -2.33. The Bertz CT molecular complexity index is 355. The fourth-order valence-electron chi connectivity index (χ4n) is 1.68. The van der Waals surface area contributed by atoms with Gasteiger partial charge in [-0.3, -0.25) is 4.79 Å². The van der Waals surface area contributed by atoms with Crippen LogP contribution in [0.4, 0.5) is 0 Å². The molecule has 19 heavy (non-hydrogen) atoms. The minimum Gasteiger partial charge on any atom is -0.339 e. The highest BCUT2D eigenvalue weighted by molar-refractivity contribution is 6.82. The Hall–Kier alpha value is -0.616. The molecule has 0 radical (unpaired) electrons. The third-order valence-corrected chi connectivity index (χ3v) is 4.99. The van der Waals surface area contributed by atoms with Gasteiger partial charge < -0.3 is 4.90 Å². The minimum absolute atomic E-state index is 0.182. The minimum atomic E-state index is -1.40. The zero-order valence-corrected chi connectivity index (χ0v) is 16.0. The third kappa shape index (κ3) is 8.21. The first-order chi connectivity index (χ1) is 8.50.